The van der Waals surface area contributed by atoms with E-state index in [1.54, 1.807) is 37.2 Å². The zero-order chi connectivity index (χ0) is 12.5. The molecule has 0 aliphatic carbocycles. The molecular formula is C13H21N3. The highest BCUT2D eigenvalue weighted by Gasteiger charge is 1.59. The van der Waals surface area contributed by atoms with Crippen LogP contribution in [0.15, 0.2) is 55.4 Å². The van der Waals surface area contributed by atoms with E-state index in [9.17, 15) is 0 Å². The number of aromatic nitrogens is 3. The van der Waals surface area contributed by atoms with Crippen molar-refractivity contribution >= 4 is 0 Å². The number of hydrogen-bond donors (Lipinski definition) is 0. The molecule has 0 unspecified atom stereocenters. The van der Waals surface area contributed by atoms with Crippen LogP contribution in [0.25, 0.3) is 0 Å². The zero-order valence-corrected chi connectivity index (χ0v) is 10.5. The van der Waals surface area contributed by atoms with Gasteiger partial charge in [0, 0.05) is 37.2 Å². The summed E-state index contributed by atoms with van der Waals surface area (Å²) in [5.41, 5.74) is 0. The highest BCUT2D eigenvalue weighted by molar-refractivity contribution is 4.88. The maximum absolute atomic E-state index is 3.78. The molecule has 3 heteroatoms. The first-order valence-electron chi connectivity index (χ1n) is 5.55. The van der Waals surface area contributed by atoms with E-state index < -0.39 is 0 Å². The van der Waals surface area contributed by atoms with E-state index in [1.807, 2.05) is 45.9 Å². The molecule has 0 radical (unpaired) electrons. The lowest BCUT2D eigenvalue weighted by atomic mass is 10.5. The normalized spacial score (nSPS) is 6.75. The molecule has 0 amide bonds. The molecule has 0 aliphatic rings. The van der Waals surface area contributed by atoms with Crippen LogP contribution in [-0.2, 0) is 0 Å². The summed E-state index contributed by atoms with van der Waals surface area (Å²) in [6, 6.07) is 5.72. The standard InChI is InChI=1S/C5H5N.C4H4N2.2C2H6/c1-2-4-6-5-3-1;1-2-6-4-3-5-1;2*1-2/h1-5H;1-4H;2*1-2H3. The molecule has 2 aromatic heterocycles. The third kappa shape index (κ3) is 14.7. The second-order valence-electron chi connectivity index (χ2n) is 1.92. The van der Waals surface area contributed by atoms with Crippen LogP contribution in [-0.4, -0.2) is 15.0 Å². The topological polar surface area (TPSA) is 38.7 Å². The van der Waals surface area contributed by atoms with Crippen molar-refractivity contribution < 1.29 is 0 Å². The second kappa shape index (κ2) is 18.9. The van der Waals surface area contributed by atoms with Crippen molar-refractivity contribution in [3.8, 4) is 0 Å². The van der Waals surface area contributed by atoms with Gasteiger partial charge in [0.05, 0.1) is 0 Å². The van der Waals surface area contributed by atoms with Gasteiger partial charge in [-0.3, -0.25) is 15.0 Å². The first kappa shape index (κ1) is 16.7. The number of rotatable bonds is 0. The largest absolute Gasteiger partial charge is 0.265 e. The highest BCUT2D eigenvalue weighted by Crippen LogP contribution is 1.73. The maximum Gasteiger partial charge on any atom is 0.0451 e. The Morgan fingerprint density at radius 3 is 0.875 bits per heavy atom. The van der Waals surface area contributed by atoms with Gasteiger partial charge in [0.1, 0.15) is 0 Å². The smallest absolute Gasteiger partial charge is 0.0451 e. The number of nitrogens with zero attached hydrogens (tertiary/aromatic N) is 3. The Balaban J connectivity index is 0. The fraction of sp³-hybridized carbons (Fsp3) is 0.308. The minimum atomic E-state index is 1.64. The summed E-state index contributed by atoms with van der Waals surface area (Å²) in [5, 5.41) is 0. The Kier molecular flexibility index (Phi) is 19.7. The maximum atomic E-state index is 3.78. The van der Waals surface area contributed by atoms with Gasteiger partial charge in [0.25, 0.3) is 0 Å². The van der Waals surface area contributed by atoms with E-state index in [0.717, 1.165) is 0 Å². The fourth-order valence-corrected chi connectivity index (χ4v) is 0.566. The first-order chi connectivity index (χ1) is 8.00. The van der Waals surface area contributed by atoms with Crippen LogP contribution in [0.2, 0.25) is 0 Å². The van der Waals surface area contributed by atoms with Crippen molar-refractivity contribution in [1.29, 1.82) is 0 Å². The van der Waals surface area contributed by atoms with Crippen molar-refractivity contribution in [2.45, 2.75) is 27.7 Å². The van der Waals surface area contributed by atoms with Crippen LogP contribution in [0.4, 0.5) is 0 Å². The van der Waals surface area contributed by atoms with Crippen molar-refractivity contribution in [2.75, 3.05) is 0 Å². The molecule has 2 rings (SSSR count). The molecule has 0 saturated heterocycles. The molecule has 88 valence electrons. The molecular weight excluding hydrogens is 198 g/mol. The summed E-state index contributed by atoms with van der Waals surface area (Å²) in [6.07, 6.45) is 10.1. The molecule has 2 aromatic rings. The number of hydrogen-bond acceptors (Lipinski definition) is 3. The zero-order valence-electron chi connectivity index (χ0n) is 10.5. The van der Waals surface area contributed by atoms with E-state index >= 15 is 0 Å². The van der Waals surface area contributed by atoms with Gasteiger partial charge in [-0.2, -0.15) is 0 Å². The molecule has 0 spiro atoms. The summed E-state index contributed by atoms with van der Waals surface area (Å²) < 4.78 is 0. The van der Waals surface area contributed by atoms with Crippen LogP contribution in [0, 0.1) is 0 Å². The lowest BCUT2D eigenvalue weighted by molar-refractivity contribution is 1.20. The molecule has 0 bridgehead atoms. The van der Waals surface area contributed by atoms with Gasteiger partial charge in [0.15, 0.2) is 0 Å². The fourth-order valence-electron chi connectivity index (χ4n) is 0.566. The van der Waals surface area contributed by atoms with E-state index in [1.165, 1.54) is 0 Å². The third-order valence-electron chi connectivity index (χ3n) is 1.04. The van der Waals surface area contributed by atoms with Crippen molar-refractivity contribution in [1.82, 2.24) is 15.0 Å². The lowest BCUT2D eigenvalue weighted by Crippen LogP contribution is -1.66. The Hall–Kier alpha value is -1.77. The minimum Gasteiger partial charge on any atom is -0.265 e. The Morgan fingerprint density at radius 1 is 0.438 bits per heavy atom. The van der Waals surface area contributed by atoms with Crippen molar-refractivity contribution in [3.63, 3.8) is 0 Å². The van der Waals surface area contributed by atoms with Crippen LogP contribution in [0.1, 0.15) is 27.7 Å². The Labute approximate surface area is 98.6 Å². The average Bonchev–Trinajstić information content (AvgIpc) is 2.48. The van der Waals surface area contributed by atoms with E-state index in [2.05, 4.69) is 15.0 Å². The number of pyridine rings is 1. The molecule has 0 aromatic carbocycles. The van der Waals surface area contributed by atoms with Crippen molar-refractivity contribution in [3.05, 3.63) is 55.4 Å². The quantitative estimate of drug-likeness (QED) is 0.679. The molecule has 2 heterocycles. The first-order valence-corrected chi connectivity index (χ1v) is 5.55. The summed E-state index contributed by atoms with van der Waals surface area (Å²) in [7, 11) is 0. The van der Waals surface area contributed by atoms with Gasteiger partial charge in [-0.25, -0.2) is 0 Å². The van der Waals surface area contributed by atoms with Gasteiger partial charge < -0.3 is 0 Å². The molecule has 0 fully saturated rings. The Bertz CT molecular complexity index is 187. The van der Waals surface area contributed by atoms with Gasteiger partial charge in [-0.05, 0) is 12.1 Å². The van der Waals surface area contributed by atoms with E-state index in [-0.39, 0.29) is 0 Å². The van der Waals surface area contributed by atoms with Gasteiger partial charge in [0.2, 0.25) is 0 Å². The van der Waals surface area contributed by atoms with Crippen molar-refractivity contribution in [2.24, 2.45) is 0 Å². The average molecular weight is 219 g/mol. The minimum absolute atomic E-state index is 1.64. The van der Waals surface area contributed by atoms with Crippen LogP contribution < -0.4 is 0 Å². The summed E-state index contributed by atoms with van der Waals surface area (Å²) in [6.45, 7) is 8.00. The molecule has 0 N–H and O–H groups in total. The van der Waals surface area contributed by atoms with Crippen LogP contribution in [0.5, 0.6) is 0 Å². The van der Waals surface area contributed by atoms with Gasteiger partial charge >= 0.3 is 0 Å². The second-order valence-corrected chi connectivity index (χ2v) is 1.92. The lowest BCUT2D eigenvalue weighted by Gasteiger charge is -1.70. The molecule has 0 saturated carbocycles. The van der Waals surface area contributed by atoms with Crippen LogP contribution in [0.3, 0.4) is 0 Å². The van der Waals surface area contributed by atoms with Gasteiger partial charge in [-0.15, -0.1) is 0 Å². The summed E-state index contributed by atoms with van der Waals surface area (Å²) >= 11 is 0. The summed E-state index contributed by atoms with van der Waals surface area (Å²) in [4.78, 5) is 11.2. The monoisotopic (exact) mass is 219 g/mol. The highest BCUT2D eigenvalue weighted by atomic mass is 14.7. The predicted octanol–water partition coefficient (Wildman–Crippen LogP) is 3.61. The van der Waals surface area contributed by atoms with E-state index in [4.69, 9.17) is 0 Å². The summed E-state index contributed by atoms with van der Waals surface area (Å²) in [5.74, 6) is 0. The molecule has 3 nitrogen and oxygen atoms in total. The SMILES string of the molecule is CC.CC.c1ccncc1.c1cnccn1. The molecule has 0 atom stereocenters. The van der Waals surface area contributed by atoms with E-state index in [0.29, 0.717) is 0 Å². The molecule has 16 heavy (non-hydrogen) atoms. The molecule has 0 aliphatic heterocycles. The Morgan fingerprint density at radius 2 is 0.750 bits per heavy atom. The van der Waals surface area contributed by atoms with Crippen LogP contribution >= 0.6 is 0 Å². The predicted molar refractivity (Wildman–Crippen MR) is 69.0 cm³/mol. The van der Waals surface area contributed by atoms with Gasteiger partial charge in [-0.1, -0.05) is 33.8 Å². The third-order valence-corrected chi connectivity index (χ3v) is 1.04.